The summed E-state index contributed by atoms with van der Waals surface area (Å²) in [6, 6.07) is 8.96. The average molecular weight is 364 g/mol. The van der Waals surface area contributed by atoms with Gasteiger partial charge < -0.3 is 9.88 Å². The zero-order valence-corrected chi connectivity index (χ0v) is 15.0. The molecule has 138 valence electrons. The topological polar surface area (TPSA) is 96.8 Å². The minimum Gasteiger partial charge on any atom is -0.339 e. The van der Waals surface area contributed by atoms with Gasteiger partial charge in [0.2, 0.25) is 0 Å². The van der Waals surface area contributed by atoms with E-state index in [0.29, 0.717) is 30.2 Å². The molecular formula is C19H20N6O2. The number of carbonyl (C=O) groups is 1. The Morgan fingerprint density at radius 3 is 2.70 bits per heavy atom. The van der Waals surface area contributed by atoms with Gasteiger partial charge in [0.25, 0.3) is 11.5 Å². The molecule has 4 rings (SSSR count). The van der Waals surface area contributed by atoms with Crippen LogP contribution in [-0.4, -0.2) is 48.6 Å². The molecule has 1 fully saturated rings. The summed E-state index contributed by atoms with van der Waals surface area (Å²) >= 11 is 0. The van der Waals surface area contributed by atoms with Crippen LogP contribution in [0, 0.1) is 6.92 Å². The molecular weight excluding hydrogens is 344 g/mol. The van der Waals surface area contributed by atoms with Crippen molar-refractivity contribution in [2.75, 3.05) is 13.1 Å². The second-order valence-corrected chi connectivity index (χ2v) is 6.68. The highest BCUT2D eigenvalue weighted by molar-refractivity contribution is 5.97. The number of likely N-dealkylation sites (tertiary alicyclic amines) is 1. The number of carbonyl (C=O) groups excluding carboxylic acids is 1. The van der Waals surface area contributed by atoms with Gasteiger partial charge in [0.05, 0.1) is 16.9 Å². The molecule has 1 aliphatic rings. The van der Waals surface area contributed by atoms with Crippen LogP contribution in [0.2, 0.25) is 0 Å². The van der Waals surface area contributed by atoms with E-state index < -0.39 is 0 Å². The summed E-state index contributed by atoms with van der Waals surface area (Å²) in [6.45, 7) is 3.04. The van der Waals surface area contributed by atoms with Crippen LogP contribution < -0.4 is 5.56 Å². The lowest BCUT2D eigenvalue weighted by Gasteiger charge is -2.32. The number of rotatable bonds is 3. The Morgan fingerprint density at radius 2 is 2.00 bits per heavy atom. The zero-order chi connectivity index (χ0) is 18.8. The molecule has 3 aromatic rings. The number of aromatic amines is 1. The van der Waals surface area contributed by atoms with Crippen molar-refractivity contribution in [1.82, 2.24) is 29.6 Å². The molecule has 8 nitrogen and oxygen atoms in total. The minimum absolute atomic E-state index is 0.0189. The summed E-state index contributed by atoms with van der Waals surface area (Å²) in [5, 5.41) is 4.14. The number of nitrogens with zero attached hydrogens (tertiary/aromatic N) is 5. The monoisotopic (exact) mass is 364 g/mol. The average Bonchev–Trinajstić information content (AvgIpc) is 3.21. The molecule has 0 unspecified atom stereocenters. The predicted octanol–water partition coefficient (Wildman–Crippen LogP) is 1.68. The molecule has 0 bridgehead atoms. The highest BCUT2D eigenvalue weighted by Crippen LogP contribution is 2.27. The number of para-hydroxylation sites is 1. The van der Waals surface area contributed by atoms with Crippen LogP contribution in [0.1, 0.15) is 40.6 Å². The Bertz CT molecular complexity index is 1000. The first-order valence-electron chi connectivity index (χ1n) is 8.93. The number of H-pyrrole nitrogens is 1. The van der Waals surface area contributed by atoms with Crippen LogP contribution in [0.25, 0.3) is 5.69 Å². The summed E-state index contributed by atoms with van der Waals surface area (Å²) in [5.41, 5.74) is 2.00. The number of nitrogens with one attached hydrogen (secondary N) is 1. The van der Waals surface area contributed by atoms with E-state index in [1.54, 1.807) is 24.0 Å². The first-order valence-corrected chi connectivity index (χ1v) is 8.93. The molecule has 0 aliphatic carbocycles. The van der Waals surface area contributed by atoms with E-state index in [1.165, 1.54) is 6.33 Å². The number of piperidine rings is 1. The van der Waals surface area contributed by atoms with Gasteiger partial charge in [-0.05, 0) is 31.9 Å². The highest BCUT2D eigenvalue weighted by Gasteiger charge is 2.27. The SMILES string of the molecule is Cc1nc(C2CCN(C(=O)c3ccccc3-n3cncn3)CC2)cc(=O)[nH]1. The molecule has 2 aromatic heterocycles. The summed E-state index contributed by atoms with van der Waals surface area (Å²) in [5.74, 6) is 0.799. The first kappa shape index (κ1) is 17.1. The van der Waals surface area contributed by atoms with E-state index in [0.717, 1.165) is 18.5 Å². The molecule has 1 N–H and O–H groups in total. The van der Waals surface area contributed by atoms with Crippen LogP contribution in [-0.2, 0) is 0 Å². The van der Waals surface area contributed by atoms with Crippen molar-refractivity contribution in [3.63, 3.8) is 0 Å². The number of hydrogen-bond donors (Lipinski definition) is 1. The van der Waals surface area contributed by atoms with Crippen molar-refractivity contribution in [2.45, 2.75) is 25.7 Å². The second kappa shape index (κ2) is 7.14. The van der Waals surface area contributed by atoms with Gasteiger partial charge in [0, 0.05) is 25.1 Å². The van der Waals surface area contributed by atoms with E-state index in [2.05, 4.69) is 20.1 Å². The quantitative estimate of drug-likeness (QED) is 0.763. The lowest BCUT2D eigenvalue weighted by molar-refractivity contribution is 0.0712. The minimum atomic E-state index is -0.127. The summed E-state index contributed by atoms with van der Waals surface area (Å²) in [7, 11) is 0. The van der Waals surface area contributed by atoms with Crippen LogP contribution in [0.3, 0.4) is 0 Å². The van der Waals surface area contributed by atoms with Gasteiger partial charge in [-0.3, -0.25) is 9.59 Å². The Balaban J connectivity index is 1.51. The predicted molar refractivity (Wildman–Crippen MR) is 98.8 cm³/mol. The molecule has 0 atom stereocenters. The number of amides is 1. The maximum absolute atomic E-state index is 13.1. The smallest absolute Gasteiger partial charge is 0.256 e. The lowest BCUT2D eigenvalue weighted by Crippen LogP contribution is -2.38. The third-order valence-electron chi connectivity index (χ3n) is 4.88. The van der Waals surface area contributed by atoms with Crippen molar-refractivity contribution < 1.29 is 4.79 Å². The summed E-state index contributed by atoms with van der Waals surface area (Å²) in [4.78, 5) is 37.7. The zero-order valence-electron chi connectivity index (χ0n) is 15.0. The fourth-order valence-corrected chi connectivity index (χ4v) is 3.55. The summed E-state index contributed by atoms with van der Waals surface area (Å²) in [6.07, 6.45) is 4.60. The number of benzene rings is 1. The normalized spacial score (nSPS) is 15.1. The van der Waals surface area contributed by atoms with Crippen LogP contribution in [0.4, 0.5) is 0 Å². The fraction of sp³-hybridized carbons (Fsp3) is 0.316. The second-order valence-electron chi connectivity index (χ2n) is 6.68. The molecule has 1 saturated heterocycles. The molecule has 0 radical (unpaired) electrons. The highest BCUT2D eigenvalue weighted by atomic mass is 16.2. The maximum Gasteiger partial charge on any atom is 0.256 e. The molecule has 8 heteroatoms. The van der Waals surface area contributed by atoms with Gasteiger partial charge >= 0.3 is 0 Å². The largest absolute Gasteiger partial charge is 0.339 e. The molecule has 1 aliphatic heterocycles. The number of hydrogen-bond acceptors (Lipinski definition) is 5. The van der Waals surface area contributed by atoms with E-state index in [9.17, 15) is 9.59 Å². The van der Waals surface area contributed by atoms with Crippen LogP contribution in [0.15, 0.2) is 47.8 Å². The summed E-state index contributed by atoms with van der Waals surface area (Å²) < 4.78 is 1.60. The Morgan fingerprint density at radius 1 is 1.22 bits per heavy atom. The fourth-order valence-electron chi connectivity index (χ4n) is 3.55. The van der Waals surface area contributed by atoms with Crippen molar-refractivity contribution in [2.24, 2.45) is 0 Å². The first-order chi connectivity index (χ1) is 13.1. The van der Waals surface area contributed by atoms with Gasteiger partial charge in [-0.2, -0.15) is 5.10 Å². The van der Waals surface area contributed by atoms with E-state index in [1.807, 2.05) is 29.2 Å². The van der Waals surface area contributed by atoms with E-state index in [-0.39, 0.29) is 17.4 Å². The maximum atomic E-state index is 13.1. The van der Waals surface area contributed by atoms with E-state index >= 15 is 0 Å². The van der Waals surface area contributed by atoms with Gasteiger partial charge in [0.15, 0.2) is 0 Å². The molecule has 3 heterocycles. The van der Waals surface area contributed by atoms with Crippen LogP contribution in [0.5, 0.6) is 0 Å². The lowest BCUT2D eigenvalue weighted by atomic mass is 9.93. The molecule has 1 amide bonds. The number of aryl methyl sites for hydroxylation is 1. The third-order valence-corrected chi connectivity index (χ3v) is 4.88. The third kappa shape index (κ3) is 3.51. The van der Waals surface area contributed by atoms with Crippen molar-refractivity contribution in [3.05, 3.63) is 70.4 Å². The van der Waals surface area contributed by atoms with E-state index in [4.69, 9.17) is 0 Å². The standard InChI is InChI=1S/C19H20N6O2/c1-13-22-16(10-18(26)23-13)14-6-8-24(9-7-14)19(27)15-4-2-3-5-17(15)25-12-20-11-21-25/h2-5,10-12,14H,6-9H2,1H3,(H,22,23,26). The van der Waals surface area contributed by atoms with Crippen LogP contribution >= 0.6 is 0 Å². The Labute approximate surface area is 155 Å². The van der Waals surface area contributed by atoms with Crippen molar-refractivity contribution in [3.8, 4) is 5.69 Å². The van der Waals surface area contributed by atoms with Gasteiger partial charge in [-0.1, -0.05) is 12.1 Å². The van der Waals surface area contributed by atoms with Gasteiger partial charge in [0.1, 0.15) is 18.5 Å². The molecule has 1 aromatic carbocycles. The molecule has 27 heavy (non-hydrogen) atoms. The molecule has 0 spiro atoms. The van der Waals surface area contributed by atoms with Gasteiger partial charge in [-0.25, -0.2) is 14.6 Å². The van der Waals surface area contributed by atoms with Crippen molar-refractivity contribution in [1.29, 1.82) is 0 Å². The Kier molecular flexibility index (Phi) is 4.53. The van der Waals surface area contributed by atoms with Crippen molar-refractivity contribution >= 4 is 5.91 Å². The molecule has 0 saturated carbocycles. The van der Waals surface area contributed by atoms with Gasteiger partial charge in [-0.15, -0.1) is 0 Å². The Hall–Kier alpha value is -3.29. The number of aromatic nitrogens is 5.